The van der Waals surface area contributed by atoms with Crippen molar-refractivity contribution < 1.29 is 18.8 Å². The van der Waals surface area contributed by atoms with Crippen LogP contribution < -0.4 is 10.6 Å². The Hall–Kier alpha value is -2.94. The molecular weight excluding hydrogens is 447 g/mol. The van der Waals surface area contributed by atoms with E-state index in [1.54, 1.807) is 43.4 Å². The van der Waals surface area contributed by atoms with E-state index < -0.39 is 0 Å². The van der Waals surface area contributed by atoms with E-state index in [2.05, 4.69) is 10.6 Å². The molecule has 1 unspecified atom stereocenters. The van der Waals surface area contributed by atoms with Crippen molar-refractivity contribution in [3.05, 3.63) is 64.4 Å². The van der Waals surface area contributed by atoms with Crippen molar-refractivity contribution in [2.45, 2.75) is 25.9 Å². The molecule has 0 saturated carbocycles. The zero-order valence-corrected chi connectivity index (χ0v) is 19.8. The van der Waals surface area contributed by atoms with E-state index >= 15 is 0 Å². The summed E-state index contributed by atoms with van der Waals surface area (Å²) in [7, 11) is 3.73. The molecule has 0 radical (unpaired) electrons. The minimum Gasteiger partial charge on any atom is -0.378 e. The quantitative estimate of drug-likeness (QED) is 0.399. The van der Waals surface area contributed by atoms with Gasteiger partial charge in [-0.15, -0.1) is 0 Å². The van der Waals surface area contributed by atoms with Gasteiger partial charge in [-0.05, 0) is 32.6 Å². The highest BCUT2D eigenvalue weighted by molar-refractivity contribution is 6.45. The molecule has 0 amide bonds. The molecule has 2 aromatic carbocycles. The number of benzene rings is 2. The van der Waals surface area contributed by atoms with Gasteiger partial charge in [-0.1, -0.05) is 41.9 Å². The van der Waals surface area contributed by atoms with Crippen LogP contribution in [0, 0.1) is 11.2 Å². The third kappa shape index (κ3) is 9.21. The van der Waals surface area contributed by atoms with Gasteiger partial charge in [0.05, 0.1) is 17.6 Å². The summed E-state index contributed by atoms with van der Waals surface area (Å²) >= 11 is 5.55. The van der Waals surface area contributed by atoms with Crippen molar-refractivity contribution in [1.82, 2.24) is 10.2 Å². The standard InChI is InChI=1S/C11H12N2O2.C8H9ClFN.C5H9NO/c1-8(15)11(12)9-4-2-3-5-10(9)13-6-7-14;1-11-5-6-3-2-4-7(9)8(6)10;1-6-3-2-5(6)4-7/h2-5,7,12-13H,6H2,1H3;2-4,11H,5H2,1H3;4-5H,2-3H2,1H3. The third-order valence-electron chi connectivity index (χ3n) is 4.82. The number of likely N-dealkylation sites (tertiary alicyclic amines) is 1. The summed E-state index contributed by atoms with van der Waals surface area (Å²) in [5, 5.41) is 13.5. The van der Waals surface area contributed by atoms with Gasteiger partial charge in [-0.25, -0.2) is 4.39 Å². The van der Waals surface area contributed by atoms with Crippen molar-refractivity contribution in [3.63, 3.8) is 0 Å². The van der Waals surface area contributed by atoms with Crippen LogP contribution in [0.5, 0.6) is 0 Å². The second kappa shape index (κ2) is 15.0. The van der Waals surface area contributed by atoms with Gasteiger partial charge in [0.2, 0.25) is 0 Å². The number of halogens is 2. The minimum absolute atomic E-state index is 0.0519. The number of Topliss-reactive ketones (excluding diaryl/α,β-unsaturated/α-hetero) is 1. The van der Waals surface area contributed by atoms with Gasteiger partial charge in [0.25, 0.3) is 0 Å². The first-order valence-corrected chi connectivity index (χ1v) is 10.7. The summed E-state index contributed by atoms with van der Waals surface area (Å²) < 4.78 is 13.0. The van der Waals surface area contributed by atoms with E-state index in [0.29, 0.717) is 23.4 Å². The van der Waals surface area contributed by atoms with E-state index in [1.807, 2.05) is 11.9 Å². The van der Waals surface area contributed by atoms with Crippen LogP contribution in [0.2, 0.25) is 5.02 Å². The van der Waals surface area contributed by atoms with Crippen LogP contribution >= 0.6 is 11.6 Å². The van der Waals surface area contributed by atoms with E-state index in [4.69, 9.17) is 17.0 Å². The smallest absolute Gasteiger partial charge is 0.178 e. The highest BCUT2D eigenvalue weighted by Gasteiger charge is 2.22. The van der Waals surface area contributed by atoms with Gasteiger partial charge in [-0.3, -0.25) is 15.1 Å². The molecule has 1 atom stereocenters. The summed E-state index contributed by atoms with van der Waals surface area (Å²) in [4.78, 5) is 33.2. The Kier molecular flexibility index (Phi) is 12.8. The summed E-state index contributed by atoms with van der Waals surface area (Å²) in [5.74, 6) is -0.626. The van der Waals surface area contributed by atoms with Gasteiger partial charge in [0.1, 0.15) is 24.1 Å². The Labute approximate surface area is 198 Å². The van der Waals surface area contributed by atoms with Crippen molar-refractivity contribution >= 4 is 41.4 Å². The Bertz CT molecular complexity index is 955. The van der Waals surface area contributed by atoms with E-state index in [9.17, 15) is 18.8 Å². The molecular formula is C24H30ClFN4O3. The molecule has 0 spiro atoms. The van der Waals surface area contributed by atoms with Gasteiger partial charge >= 0.3 is 0 Å². The van der Waals surface area contributed by atoms with Gasteiger partial charge < -0.3 is 20.2 Å². The molecule has 0 aromatic heterocycles. The van der Waals surface area contributed by atoms with Crippen molar-refractivity contribution in [2.75, 3.05) is 32.5 Å². The number of hydrogen-bond donors (Lipinski definition) is 3. The Morgan fingerprint density at radius 3 is 2.42 bits per heavy atom. The van der Waals surface area contributed by atoms with Crippen molar-refractivity contribution in [1.29, 1.82) is 5.41 Å². The maximum atomic E-state index is 13.0. The SMILES string of the molecule is CC(=O)C(=N)c1ccccc1NCC=O.CN1CCC1C=O.CNCc1cccc(Cl)c1F. The molecule has 178 valence electrons. The van der Waals surface area contributed by atoms with Gasteiger partial charge in [0.15, 0.2) is 5.78 Å². The highest BCUT2D eigenvalue weighted by Crippen LogP contribution is 2.17. The predicted octanol–water partition coefficient (Wildman–Crippen LogP) is 3.34. The van der Waals surface area contributed by atoms with E-state index in [1.165, 1.54) is 13.0 Å². The van der Waals surface area contributed by atoms with E-state index in [0.717, 1.165) is 25.5 Å². The van der Waals surface area contributed by atoms with Crippen LogP contribution in [0.4, 0.5) is 10.1 Å². The average molecular weight is 477 g/mol. The number of carbonyl (C=O) groups excluding carboxylic acids is 3. The lowest BCUT2D eigenvalue weighted by atomic mass is 10.1. The number of rotatable bonds is 8. The molecule has 2 aromatic rings. The summed E-state index contributed by atoms with van der Waals surface area (Å²) in [5.41, 5.74) is 1.70. The largest absolute Gasteiger partial charge is 0.378 e. The fraction of sp³-hybridized carbons (Fsp3) is 0.333. The maximum absolute atomic E-state index is 13.0. The second-order valence-electron chi connectivity index (χ2n) is 7.24. The second-order valence-corrected chi connectivity index (χ2v) is 7.65. The number of carbonyl (C=O) groups is 3. The lowest BCUT2D eigenvalue weighted by Gasteiger charge is -2.33. The number of likely N-dealkylation sites (N-methyl/N-ethyl adjacent to an activating group) is 1. The lowest BCUT2D eigenvalue weighted by Crippen LogP contribution is -2.45. The number of ketones is 1. The summed E-state index contributed by atoms with van der Waals surface area (Å²) in [6.45, 7) is 3.11. The monoisotopic (exact) mass is 476 g/mol. The van der Waals surface area contributed by atoms with Crippen molar-refractivity contribution in [2.24, 2.45) is 0 Å². The van der Waals surface area contributed by atoms with Gasteiger partial charge in [0, 0.05) is 36.8 Å². The summed E-state index contributed by atoms with van der Waals surface area (Å²) in [6, 6.07) is 12.2. The Morgan fingerprint density at radius 2 is 1.94 bits per heavy atom. The van der Waals surface area contributed by atoms with Crippen LogP contribution in [-0.4, -0.2) is 62.2 Å². The number of anilines is 1. The molecule has 0 aliphatic carbocycles. The van der Waals surface area contributed by atoms with Crippen LogP contribution in [0.1, 0.15) is 24.5 Å². The first-order chi connectivity index (χ1) is 15.8. The number of para-hydroxylation sites is 1. The molecule has 1 aliphatic rings. The van der Waals surface area contributed by atoms with Crippen molar-refractivity contribution in [3.8, 4) is 0 Å². The van der Waals surface area contributed by atoms with Crippen LogP contribution in [0.25, 0.3) is 0 Å². The lowest BCUT2D eigenvalue weighted by molar-refractivity contribution is -0.115. The Balaban J connectivity index is 0.000000264. The highest BCUT2D eigenvalue weighted by atomic mass is 35.5. The zero-order chi connectivity index (χ0) is 24.8. The minimum atomic E-state index is -0.330. The fourth-order valence-corrected chi connectivity index (χ4v) is 2.97. The maximum Gasteiger partial charge on any atom is 0.178 e. The molecule has 1 saturated heterocycles. The molecule has 1 heterocycles. The summed E-state index contributed by atoms with van der Waals surface area (Å²) in [6.07, 6.45) is 2.79. The van der Waals surface area contributed by atoms with E-state index in [-0.39, 0.29) is 34.9 Å². The molecule has 3 rings (SSSR count). The normalized spacial score (nSPS) is 14.4. The zero-order valence-electron chi connectivity index (χ0n) is 19.0. The predicted molar refractivity (Wildman–Crippen MR) is 130 cm³/mol. The number of hydrogen-bond acceptors (Lipinski definition) is 7. The molecule has 9 heteroatoms. The van der Waals surface area contributed by atoms with Crippen LogP contribution in [0.3, 0.4) is 0 Å². The van der Waals surface area contributed by atoms with Gasteiger partial charge in [-0.2, -0.15) is 0 Å². The molecule has 0 bridgehead atoms. The number of aldehydes is 2. The average Bonchev–Trinajstić information content (AvgIpc) is 2.80. The third-order valence-corrected chi connectivity index (χ3v) is 5.12. The number of nitrogens with zero attached hydrogens (tertiary/aromatic N) is 1. The topological polar surface area (TPSA) is 102 Å². The first kappa shape index (κ1) is 28.1. The first-order valence-electron chi connectivity index (χ1n) is 10.4. The fourth-order valence-electron chi connectivity index (χ4n) is 2.78. The van der Waals surface area contributed by atoms with Crippen LogP contribution in [0.15, 0.2) is 42.5 Å². The van der Waals surface area contributed by atoms with Crippen LogP contribution in [-0.2, 0) is 20.9 Å². The molecule has 1 aliphatic heterocycles. The molecule has 1 fully saturated rings. The number of nitrogens with one attached hydrogen (secondary N) is 3. The molecule has 3 N–H and O–H groups in total. The molecule has 7 nitrogen and oxygen atoms in total. The Morgan fingerprint density at radius 1 is 1.24 bits per heavy atom. The molecule has 33 heavy (non-hydrogen) atoms.